The second-order valence-corrected chi connectivity index (χ2v) is 2.99. The molecule has 0 aliphatic carbocycles. The van der Waals surface area contributed by atoms with Gasteiger partial charge in [0.15, 0.2) is 6.29 Å². The van der Waals surface area contributed by atoms with Crippen LogP contribution in [-0.4, -0.2) is 59.7 Å². The zero-order valence-corrected chi connectivity index (χ0v) is 8.55. The number of nitrogens with two attached hydrogens (primary N) is 1. The van der Waals surface area contributed by atoms with Crippen LogP contribution in [0, 0.1) is 0 Å². The first-order chi connectivity index (χ1) is 6.11. The van der Waals surface area contributed by atoms with E-state index in [-0.39, 0.29) is 19.0 Å². The number of hydrogen-bond donors (Lipinski definition) is 4. The van der Waals surface area contributed by atoms with Crippen LogP contribution in [0.25, 0.3) is 0 Å². The van der Waals surface area contributed by atoms with Crippen LogP contribution in [0.2, 0.25) is 0 Å². The fourth-order valence-corrected chi connectivity index (χ4v) is 1.31. The minimum absolute atomic E-state index is 0. The number of aliphatic hydroxyl groups excluding tert-OH is 3. The molecule has 14 heavy (non-hydrogen) atoms. The molecule has 0 spiro atoms. The molecule has 1 fully saturated rings. The predicted molar refractivity (Wildman–Crippen MR) is 50.0 cm³/mol. The molecule has 0 saturated carbocycles. The Hall–Kier alpha value is 0.0500. The van der Waals surface area contributed by atoms with Crippen molar-refractivity contribution in [2.45, 2.75) is 30.7 Å². The number of aliphatic hydroxyl groups is 3. The smallest absolute Gasteiger partial charge is 0.186 e. The molecule has 1 aliphatic rings. The van der Waals surface area contributed by atoms with E-state index in [0.717, 1.165) is 0 Å². The molecule has 0 aromatic carbocycles. The summed E-state index contributed by atoms with van der Waals surface area (Å²) >= 11 is 0. The van der Waals surface area contributed by atoms with E-state index in [4.69, 9.17) is 15.2 Å². The lowest BCUT2D eigenvalue weighted by Crippen LogP contribution is -2.59. The summed E-state index contributed by atoms with van der Waals surface area (Å²) in [6.45, 7) is 0.0603. The van der Waals surface area contributed by atoms with Gasteiger partial charge in [0.1, 0.15) is 24.4 Å². The Morgan fingerprint density at radius 3 is 2.21 bits per heavy atom. The maximum absolute atomic E-state index is 9.35. The average Bonchev–Trinajstić information content (AvgIpc) is 2.15. The van der Waals surface area contributed by atoms with Crippen LogP contribution in [0.5, 0.6) is 0 Å². The van der Waals surface area contributed by atoms with Crippen molar-refractivity contribution in [2.75, 3.05) is 13.7 Å². The van der Waals surface area contributed by atoms with Gasteiger partial charge in [-0.2, -0.15) is 0 Å². The number of methoxy groups -OCH3 is 1. The first-order valence-electron chi connectivity index (χ1n) is 4.04. The molecule has 86 valence electrons. The topological polar surface area (TPSA) is 105 Å². The first-order valence-corrected chi connectivity index (χ1v) is 4.04. The normalized spacial score (nSPS) is 43.1. The summed E-state index contributed by atoms with van der Waals surface area (Å²) < 4.78 is 9.83. The maximum atomic E-state index is 9.35. The van der Waals surface area contributed by atoms with Crippen molar-refractivity contribution in [3.05, 3.63) is 0 Å². The lowest BCUT2D eigenvalue weighted by atomic mass is 9.99. The maximum Gasteiger partial charge on any atom is 0.186 e. The Morgan fingerprint density at radius 1 is 1.21 bits per heavy atom. The fraction of sp³-hybridized carbons (Fsp3) is 1.00. The van der Waals surface area contributed by atoms with Crippen molar-refractivity contribution in [1.29, 1.82) is 0 Å². The van der Waals surface area contributed by atoms with Crippen molar-refractivity contribution in [3.8, 4) is 0 Å². The van der Waals surface area contributed by atoms with Crippen LogP contribution in [0.4, 0.5) is 0 Å². The lowest BCUT2D eigenvalue weighted by molar-refractivity contribution is -0.287. The molecular formula is C7H16ClNO5. The zero-order chi connectivity index (χ0) is 10.0. The van der Waals surface area contributed by atoms with Crippen molar-refractivity contribution in [2.24, 2.45) is 5.73 Å². The van der Waals surface area contributed by atoms with E-state index < -0.39 is 30.7 Å². The summed E-state index contributed by atoms with van der Waals surface area (Å²) in [5.41, 5.74) is 5.28. The van der Waals surface area contributed by atoms with Gasteiger partial charge in [-0.15, -0.1) is 12.4 Å². The highest BCUT2D eigenvalue weighted by Crippen LogP contribution is 2.20. The molecule has 1 rings (SSSR count). The molecule has 5 N–H and O–H groups in total. The van der Waals surface area contributed by atoms with Crippen LogP contribution in [0.15, 0.2) is 0 Å². The molecule has 1 unspecified atom stereocenters. The second kappa shape index (κ2) is 5.82. The summed E-state index contributed by atoms with van der Waals surface area (Å²) in [5.74, 6) is 0. The third kappa shape index (κ3) is 2.54. The Bertz CT molecular complexity index is 152. The average molecular weight is 230 g/mol. The highest BCUT2D eigenvalue weighted by molar-refractivity contribution is 5.85. The summed E-state index contributed by atoms with van der Waals surface area (Å²) in [6.07, 6.45) is -5.35. The van der Waals surface area contributed by atoms with Crippen LogP contribution >= 0.6 is 12.4 Å². The first kappa shape index (κ1) is 14.1. The Morgan fingerprint density at radius 2 is 1.79 bits per heavy atom. The van der Waals surface area contributed by atoms with Crippen molar-refractivity contribution < 1.29 is 24.8 Å². The van der Waals surface area contributed by atoms with Crippen molar-refractivity contribution >= 4 is 12.4 Å². The van der Waals surface area contributed by atoms with Crippen LogP contribution in [0.1, 0.15) is 0 Å². The predicted octanol–water partition coefficient (Wildman–Crippen LogP) is -2.18. The van der Waals surface area contributed by atoms with Crippen molar-refractivity contribution in [1.82, 2.24) is 0 Å². The van der Waals surface area contributed by atoms with E-state index in [0.29, 0.717) is 0 Å². The number of rotatable bonds is 2. The monoisotopic (exact) mass is 229 g/mol. The zero-order valence-electron chi connectivity index (χ0n) is 7.74. The molecule has 0 amide bonds. The van der Waals surface area contributed by atoms with Gasteiger partial charge in [0.25, 0.3) is 0 Å². The molecule has 0 aromatic heterocycles. The van der Waals surface area contributed by atoms with Crippen LogP contribution in [-0.2, 0) is 9.47 Å². The molecule has 7 heteroatoms. The van der Waals surface area contributed by atoms with E-state index in [1.165, 1.54) is 7.11 Å². The molecule has 0 aromatic rings. The minimum Gasteiger partial charge on any atom is -0.388 e. The van der Waals surface area contributed by atoms with Gasteiger partial charge in [-0.1, -0.05) is 0 Å². The molecule has 6 nitrogen and oxygen atoms in total. The third-order valence-electron chi connectivity index (χ3n) is 2.13. The summed E-state index contributed by atoms with van der Waals surface area (Å²) in [4.78, 5) is 0. The van der Waals surface area contributed by atoms with Gasteiger partial charge in [0, 0.05) is 13.7 Å². The Labute approximate surface area is 88.0 Å². The molecule has 0 radical (unpaired) electrons. The second-order valence-electron chi connectivity index (χ2n) is 2.99. The number of halogens is 1. The molecular weight excluding hydrogens is 214 g/mol. The Balaban J connectivity index is 0.00000169. The van der Waals surface area contributed by atoms with Gasteiger partial charge in [-0.05, 0) is 0 Å². The summed E-state index contributed by atoms with van der Waals surface area (Å²) in [7, 11) is 1.34. The number of ether oxygens (including phenoxy) is 2. The van der Waals surface area contributed by atoms with E-state index >= 15 is 0 Å². The molecule has 1 aliphatic heterocycles. The van der Waals surface area contributed by atoms with Gasteiger partial charge in [0.05, 0.1) is 0 Å². The number of hydrogen-bond acceptors (Lipinski definition) is 6. The molecule has 5 atom stereocenters. The van der Waals surface area contributed by atoms with E-state index in [9.17, 15) is 15.3 Å². The van der Waals surface area contributed by atoms with E-state index in [1.807, 2.05) is 0 Å². The lowest BCUT2D eigenvalue weighted by Gasteiger charge is -2.39. The highest BCUT2D eigenvalue weighted by Gasteiger charge is 2.43. The van der Waals surface area contributed by atoms with E-state index in [1.54, 1.807) is 0 Å². The third-order valence-corrected chi connectivity index (χ3v) is 2.13. The SMILES string of the molecule is COC1O[C@H](CN)[C@H](O)[C@H](O)[C@H]1O.Cl. The van der Waals surface area contributed by atoms with Gasteiger partial charge < -0.3 is 30.5 Å². The largest absolute Gasteiger partial charge is 0.388 e. The fourth-order valence-electron chi connectivity index (χ4n) is 1.31. The summed E-state index contributed by atoms with van der Waals surface area (Å²) in [6, 6.07) is 0. The summed E-state index contributed by atoms with van der Waals surface area (Å²) in [5, 5.41) is 28.0. The van der Waals surface area contributed by atoms with E-state index in [2.05, 4.69) is 0 Å². The molecule has 1 saturated heterocycles. The van der Waals surface area contributed by atoms with Crippen molar-refractivity contribution in [3.63, 3.8) is 0 Å². The van der Waals surface area contributed by atoms with Gasteiger partial charge in [0.2, 0.25) is 0 Å². The highest BCUT2D eigenvalue weighted by atomic mass is 35.5. The quantitative estimate of drug-likeness (QED) is 0.429. The standard InChI is InChI=1S/C7H15NO5.ClH/c1-12-7-6(11)5(10)4(9)3(2-8)13-7;/h3-7,9-11H,2,8H2,1H3;1H/t3-,4+,5+,6-,7?;/m1./s1. The Kier molecular flexibility index (Phi) is 5.84. The molecule has 0 bridgehead atoms. The van der Waals surface area contributed by atoms with Crippen LogP contribution in [0.3, 0.4) is 0 Å². The minimum atomic E-state index is -1.28. The van der Waals surface area contributed by atoms with Crippen LogP contribution < -0.4 is 5.73 Å². The molecule has 1 heterocycles. The van der Waals surface area contributed by atoms with Gasteiger partial charge in [-0.25, -0.2) is 0 Å². The van der Waals surface area contributed by atoms with Gasteiger partial charge in [-0.3, -0.25) is 0 Å². The van der Waals surface area contributed by atoms with Gasteiger partial charge >= 0.3 is 0 Å².